The van der Waals surface area contributed by atoms with E-state index < -0.39 is 0 Å². The Morgan fingerprint density at radius 1 is 0.889 bits per heavy atom. The highest BCUT2D eigenvalue weighted by Crippen LogP contribution is 2.15. The highest BCUT2D eigenvalue weighted by atomic mass is 32.1. The van der Waals surface area contributed by atoms with E-state index in [0.717, 1.165) is 22.5 Å². The Morgan fingerprint density at radius 2 is 1.39 bits per heavy atom. The second-order valence-electron chi connectivity index (χ2n) is 3.79. The number of anilines is 1. The maximum atomic E-state index is 5.63. The van der Waals surface area contributed by atoms with Gasteiger partial charge in [-0.25, -0.2) is 0 Å². The Morgan fingerprint density at radius 3 is 1.89 bits per heavy atom. The molecule has 0 spiro atoms. The molecule has 0 fully saturated rings. The molecule has 2 aromatic rings. The van der Waals surface area contributed by atoms with Crippen molar-refractivity contribution in [2.75, 3.05) is 5.73 Å². The van der Waals surface area contributed by atoms with Crippen molar-refractivity contribution in [2.45, 2.75) is 0 Å². The van der Waals surface area contributed by atoms with Crippen LogP contribution in [0.15, 0.2) is 53.5 Å². The van der Waals surface area contributed by atoms with Gasteiger partial charge in [0.25, 0.3) is 0 Å². The van der Waals surface area contributed by atoms with Crippen LogP contribution in [0.1, 0.15) is 11.1 Å². The van der Waals surface area contributed by atoms with E-state index in [1.165, 1.54) is 0 Å². The Hall–Kier alpha value is -2.22. The molecule has 2 N–H and O–H groups in total. The minimum Gasteiger partial charge on any atom is -0.399 e. The monoisotopic (exact) mass is 252 g/mol. The lowest BCUT2D eigenvalue weighted by Gasteiger charge is -1.96. The van der Waals surface area contributed by atoms with Crippen molar-refractivity contribution in [3.8, 4) is 0 Å². The third-order valence-electron chi connectivity index (χ3n) is 2.47. The summed E-state index contributed by atoms with van der Waals surface area (Å²) in [4.78, 5) is 3.90. The van der Waals surface area contributed by atoms with Crippen LogP contribution in [-0.2, 0) is 0 Å². The highest BCUT2D eigenvalue weighted by Gasteiger charge is 1.90. The zero-order chi connectivity index (χ0) is 12.8. The number of hydrogen-bond donors (Lipinski definition) is 1. The lowest BCUT2D eigenvalue weighted by Crippen LogP contribution is -1.82. The fraction of sp³-hybridized carbons (Fsp3) is 0. The van der Waals surface area contributed by atoms with Crippen LogP contribution in [-0.4, -0.2) is 5.16 Å². The van der Waals surface area contributed by atoms with Crippen LogP contribution >= 0.6 is 12.2 Å². The van der Waals surface area contributed by atoms with Crippen LogP contribution in [0.2, 0.25) is 0 Å². The van der Waals surface area contributed by atoms with Gasteiger partial charge >= 0.3 is 0 Å². The Bertz CT molecular complexity index is 591. The number of isothiocyanates is 1. The summed E-state index contributed by atoms with van der Waals surface area (Å²) in [6.45, 7) is 0. The number of thiocarbonyl (C=S) groups is 1. The minimum atomic E-state index is 0.773. The summed E-state index contributed by atoms with van der Waals surface area (Å²) in [7, 11) is 0. The molecule has 0 aromatic heterocycles. The minimum absolute atomic E-state index is 0.773. The molecule has 0 heterocycles. The molecule has 0 radical (unpaired) electrons. The molecule has 0 atom stereocenters. The van der Waals surface area contributed by atoms with Crippen LogP contribution in [0.3, 0.4) is 0 Å². The van der Waals surface area contributed by atoms with Crippen molar-refractivity contribution in [2.24, 2.45) is 4.99 Å². The number of hydrogen-bond acceptors (Lipinski definition) is 3. The molecule has 18 heavy (non-hydrogen) atoms. The number of rotatable bonds is 3. The van der Waals surface area contributed by atoms with Crippen LogP contribution in [0.4, 0.5) is 11.4 Å². The number of aliphatic imine (C=N–C) groups is 1. The molecule has 0 aliphatic carbocycles. The van der Waals surface area contributed by atoms with Crippen molar-refractivity contribution in [1.82, 2.24) is 0 Å². The third kappa shape index (κ3) is 3.39. The number of benzene rings is 2. The Labute approximate surface area is 111 Å². The van der Waals surface area contributed by atoms with Gasteiger partial charge in [0.2, 0.25) is 0 Å². The van der Waals surface area contributed by atoms with E-state index in [0.29, 0.717) is 0 Å². The maximum Gasteiger partial charge on any atom is 0.0739 e. The quantitative estimate of drug-likeness (QED) is 0.385. The molecule has 88 valence electrons. The SMILES string of the molecule is Nc1ccc(/C=C/c2ccc(N=C=S)cc2)cc1. The van der Waals surface area contributed by atoms with Crippen molar-refractivity contribution in [3.05, 3.63) is 59.7 Å². The summed E-state index contributed by atoms with van der Waals surface area (Å²) in [5, 5.41) is 2.35. The lowest BCUT2D eigenvalue weighted by molar-refractivity contribution is 1.54. The summed E-state index contributed by atoms with van der Waals surface area (Å²) in [6, 6.07) is 15.5. The summed E-state index contributed by atoms with van der Waals surface area (Å²) in [5.74, 6) is 0. The largest absolute Gasteiger partial charge is 0.399 e. The van der Waals surface area contributed by atoms with Gasteiger partial charge in [-0.3, -0.25) is 0 Å². The van der Waals surface area contributed by atoms with Crippen molar-refractivity contribution in [3.63, 3.8) is 0 Å². The molecule has 3 heteroatoms. The van der Waals surface area contributed by atoms with Crippen molar-refractivity contribution >= 4 is 40.9 Å². The summed E-state index contributed by atoms with van der Waals surface area (Å²) in [5.41, 5.74) is 9.44. The van der Waals surface area contributed by atoms with E-state index in [-0.39, 0.29) is 0 Å². The van der Waals surface area contributed by atoms with Crippen molar-refractivity contribution in [1.29, 1.82) is 0 Å². The first-order chi connectivity index (χ1) is 8.78. The van der Waals surface area contributed by atoms with Crippen LogP contribution in [0, 0.1) is 0 Å². The fourth-order valence-corrected chi connectivity index (χ4v) is 1.62. The van der Waals surface area contributed by atoms with E-state index >= 15 is 0 Å². The van der Waals surface area contributed by atoms with Gasteiger partial charge in [0, 0.05) is 5.69 Å². The van der Waals surface area contributed by atoms with Gasteiger partial charge in [0.1, 0.15) is 0 Å². The number of nitrogens with two attached hydrogens (primary N) is 1. The summed E-state index contributed by atoms with van der Waals surface area (Å²) >= 11 is 4.55. The van der Waals surface area contributed by atoms with E-state index in [2.05, 4.69) is 22.4 Å². The summed E-state index contributed by atoms with van der Waals surface area (Å²) < 4.78 is 0. The van der Waals surface area contributed by atoms with Gasteiger partial charge in [0.05, 0.1) is 10.8 Å². The molecule has 0 saturated carbocycles. The zero-order valence-electron chi connectivity index (χ0n) is 9.71. The molecular formula is C15H12N2S. The van der Waals surface area contributed by atoms with Gasteiger partial charge in [-0.1, -0.05) is 36.4 Å². The van der Waals surface area contributed by atoms with E-state index in [1.54, 1.807) is 0 Å². The zero-order valence-corrected chi connectivity index (χ0v) is 10.5. The predicted octanol–water partition coefficient (Wildman–Crippen LogP) is 4.17. The average Bonchev–Trinajstić information content (AvgIpc) is 2.40. The van der Waals surface area contributed by atoms with Crippen LogP contribution < -0.4 is 5.73 Å². The molecule has 0 aliphatic heterocycles. The molecule has 0 aliphatic rings. The summed E-state index contributed by atoms with van der Waals surface area (Å²) in [6.07, 6.45) is 4.08. The topological polar surface area (TPSA) is 38.4 Å². The number of nitrogen functional groups attached to an aromatic ring is 1. The standard InChI is InChI=1S/C15H12N2S/c16-14-7-3-12(4-8-14)1-2-13-5-9-15(10-6-13)17-11-18/h1-10H,16H2/b2-1+. The molecule has 0 unspecified atom stereocenters. The van der Waals surface area contributed by atoms with Crippen molar-refractivity contribution < 1.29 is 0 Å². The van der Waals surface area contributed by atoms with Gasteiger partial charge in [-0.15, -0.1) is 0 Å². The molecule has 2 nitrogen and oxygen atoms in total. The first kappa shape index (κ1) is 12.2. The second-order valence-corrected chi connectivity index (χ2v) is 3.98. The Kier molecular flexibility index (Phi) is 4.02. The molecular weight excluding hydrogens is 240 g/mol. The predicted molar refractivity (Wildman–Crippen MR) is 80.9 cm³/mol. The molecule has 0 amide bonds. The Balaban J connectivity index is 2.13. The first-order valence-electron chi connectivity index (χ1n) is 5.49. The smallest absolute Gasteiger partial charge is 0.0739 e. The van der Waals surface area contributed by atoms with Gasteiger partial charge < -0.3 is 5.73 Å². The third-order valence-corrected chi connectivity index (χ3v) is 2.56. The van der Waals surface area contributed by atoms with E-state index in [1.807, 2.05) is 60.7 Å². The first-order valence-corrected chi connectivity index (χ1v) is 5.90. The molecule has 2 aromatic carbocycles. The number of nitrogens with zero attached hydrogens (tertiary/aromatic N) is 1. The van der Waals surface area contributed by atoms with Gasteiger partial charge in [0.15, 0.2) is 0 Å². The van der Waals surface area contributed by atoms with Gasteiger partial charge in [-0.2, -0.15) is 4.99 Å². The highest BCUT2D eigenvalue weighted by molar-refractivity contribution is 7.78. The average molecular weight is 252 g/mol. The molecule has 2 rings (SSSR count). The van der Waals surface area contributed by atoms with Crippen LogP contribution in [0.25, 0.3) is 12.2 Å². The normalized spacial score (nSPS) is 10.2. The maximum absolute atomic E-state index is 5.63. The van der Waals surface area contributed by atoms with E-state index in [9.17, 15) is 0 Å². The molecule has 0 bridgehead atoms. The van der Waals surface area contributed by atoms with Crippen LogP contribution in [0.5, 0.6) is 0 Å². The fourth-order valence-electron chi connectivity index (χ4n) is 1.51. The molecule has 0 saturated heterocycles. The second kappa shape index (κ2) is 5.92. The van der Waals surface area contributed by atoms with Gasteiger partial charge in [-0.05, 0) is 47.6 Å². The van der Waals surface area contributed by atoms with E-state index in [4.69, 9.17) is 5.73 Å². The lowest BCUT2D eigenvalue weighted by atomic mass is 10.1.